The van der Waals surface area contributed by atoms with Crippen molar-refractivity contribution < 1.29 is 27.9 Å². The monoisotopic (exact) mass is 352 g/mol. The van der Waals surface area contributed by atoms with E-state index in [1.54, 1.807) is 13.8 Å². The van der Waals surface area contributed by atoms with Gasteiger partial charge < -0.3 is 14.2 Å². The Balaban J connectivity index is 2.77. The first-order valence-corrected chi connectivity index (χ1v) is 8.88. The highest BCUT2D eigenvalue weighted by Gasteiger charge is 2.39. The highest BCUT2D eigenvalue weighted by molar-refractivity contribution is 7.57. The Kier molecular flexibility index (Phi) is 7.66. The minimum absolute atomic E-state index is 0.0777. The maximum absolute atomic E-state index is 12.8. The summed E-state index contributed by atoms with van der Waals surface area (Å²) in [6.07, 6.45) is -1.55. The molecule has 1 aromatic carbocycles. The van der Waals surface area contributed by atoms with Gasteiger partial charge in [-0.15, -0.1) is 11.6 Å². The lowest BCUT2D eigenvalue weighted by Crippen LogP contribution is -2.20. The number of hydrogen-bond acceptors (Lipinski definition) is 5. The van der Waals surface area contributed by atoms with Crippen molar-refractivity contribution in [3.8, 4) is 0 Å². The zero-order chi connectivity index (χ0) is 16.8. The Hall–Kier alpha value is -0.780. The Morgan fingerprint density at radius 3 is 2.23 bits per heavy atom. The average Bonchev–Trinajstić information content (AvgIpc) is 2.47. The van der Waals surface area contributed by atoms with Crippen LogP contribution in [0.15, 0.2) is 24.3 Å². The smallest absolute Gasteiger partial charge is 0.355 e. The second-order valence-electron chi connectivity index (χ2n) is 4.45. The molecule has 0 aromatic heterocycles. The summed E-state index contributed by atoms with van der Waals surface area (Å²) in [6.45, 7) is 3.36. The fourth-order valence-electron chi connectivity index (χ4n) is 1.79. The second kappa shape index (κ2) is 8.75. The number of halogens is 2. The first-order valence-electron chi connectivity index (χ1n) is 6.83. The van der Waals surface area contributed by atoms with Crippen molar-refractivity contribution in [1.82, 2.24) is 0 Å². The van der Waals surface area contributed by atoms with Gasteiger partial charge in [0.2, 0.25) is 0 Å². The summed E-state index contributed by atoms with van der Waals surface area (Å²) in [5.74, 6) is -1.11. The lowest BCUT2D eigenvalue weighted by Gasteiger charge is -2.21. The van der Waals surface area contributed by atoms with E-state index in [-0.39, 0.29) is 19.6 Å². The highest BCUT2D eigenvalue weighted by atomic mass is 35.5. The fraction of sp³-hybridized carbons (Fsp3) is 0.500. The number of aliphatic hydroxyl groups excluding tert-OH is 1. The number of carbonyl (C=O) groups excluding carboxylic acids is 1. The predicted octanol–water partition coefficient (Wildman–Crippen LogP) is 3.65. The minimum atomic E-state index is -3.78. The SMILES string of the molecule is CCOP(=O)(OCC)C(Cl)C(=O)CC(O)c1ccc(F)cc1. The van der Waals surface area contributed by atoms with Gasteiger partial charge in [0, 0.05) is 6.42 Å². The van der Waals surface area contributed by atoms with Gasteiger partial charge in [-0.2, -0.15) is 0 Å². The number of benzene rings is 1. The number of aliphatic hydroxyl groups is 1. The van der Waals surface area contributed by atoms with E-state index in [4.69, 9.17) is 20.6 Å². The number of alkyl halides is 1. The zero-order valence-corrected chi connectivity index (χ0v) is 14.0. The van der Waals surface area contributed by atoms with E-state index in [2.05, 4.69) is 0 Å². The summed E-state index contributed by atoms with van der Waals surface area (Å²) in [6, 6.07) is 5.07. The van der Waals surface area contributed by atoms with Gasteiger partial charge in [-0.3, -0.25) is 9.36 Å². The van der Waals surface area contributed by atoms with E-state index in [0.717, 1.165) is 0 Å². The third-order valence-corrected chi connectivity index (χ3v) is 5.85. The Labute approximate surface area is 133 Å². The van der Waals surface area contributed by atoms with Crippen molar-refractivity contribution in [2.24, 2.45) is 0 Å². The molecule has 0 spiro atoms. The van der Waals surface area contributed by atoms with E-state index in [1.165, 1.54) is 24.3 Å². The molecule has 1 aromatic rings. The van der Waals surface area contributed by atoms with Crippen LogP contribution in [0.1, 0.15) is 31.9 Å². The van der Waals surface area contributed by atoms with Gasteiger partial charge in [0.25, 0.3) is 0 Å². The van der Waals surface area contributed by atoms with Crippen LogP contribution in [0.4, 0.5) is 4.39 Å². The number of rotatable bonds is 9. The van der Waals surface area contributed by atoms with Crippen molar-refractivity contribution in [3.63, 3.8) is 0 Å². The fourth-order valence-corrected chi connectivity index (χ4v) is 3.74. The van der Waals surface area contributed by atoms with Crippen LogP contribution in [0.2, 0.25) is 0 Å². The first kappa shape index (κ1) is 19.3. The van der Waals surface area contributed by atoms with Gasteiger partial charge in [0.15, 0.2) is 10.9 Å². The third-order valence-electron chi connectivity index (χ3n) is 2.81. The molecular weight excluding hydrogens is 334 g/mol. The molecule has 0 aliphatic rings. The summed E-state index contributed by atoms with van der Waals surface area (Å²) in [5, 5.41) is 8.49. The number of carbonyl (C=O) groups is 1. The van der Waals surface area contributed by atoms with Crippen LogP contribution >= 0.6 is 19.2 Å². The molecule has 22 heavy (non-hydrogen) atoms. The standard InChI is InChI=1S/C14H19ClFO5P/c1-3-20-22(19,21-4-2)14(15)13(18)9-12(17)10-5-7-11(16)8-6-10/h5-8,12,14,17H,3-4,9H2,1-2H3. The Morgan fingerprint density at radius 2 is 1.77 bits per heavy atom. The highest BCUT2D eigenvalue weighted by Crippen LogP contribution is 2.55. The zero-order valence-electron chi connectivity index (χ0n) is 12.4. The van der Waals surface area contributed by atoms with Crippen molar-refractivity contribution >= 4 is 25.0 Å². The van der Waals surface area contributed by atoms with Crippen molar-refractivity contribution in [2.45, 2.75) is 31.5 Å². The van der Waals surface area contributed by atoms with Crippen molar-refractivity contribution in [3.05, 3.63) is 35.6 Å². The molecule has 0 radical (unpaired) electrons. The van der Waals surface area contributed by atoms with E-state index >= 15 is 0 Å². The van der Waals surface area contributed by atoms with Gasteiger partial charge in [0.05, 0.1) is 19.3 Å². The molecule has 0 saturated carbocycles. The largest absolute Gasteiger partial charge is 0.388 e. The quantitative estimate of drug-likeness (QED) is 0.542. The predicted molar refractivity (Wildman–Crippen MR) is 81.5 cm³/mol. The van der Waals surface area contributed by atoms with Gasteiger partial charge >= 0.3 is 7.60 Å². The molecule has 2 unspecified atom stereocenters. The van der Waals surface area contributed by atoms with E-state index in [1.807, 2.05) is 0 Å². The molecule has 0 aliphatic heterocycles. The number of hydrogen-bond donors (Lipinski definition) is 1. The molecule has 0 saturated heterocycles. The first-order chi connectivity index (χ1) is 10.3. The van der Waals surface area contributed by atoms with Gasteiger partial charge in [-0.1, -0.05) is 12.1 Å². The van der Waals surface area contributed by atoms with Crippen molar-refractivity contribution in [2.75, 3.05) is 13.2 Å². The molecule has 5 nitrogen and oxygen atoms in total. The Morgan fingerprint density at radius 1 is 1.27 bits per heavy atom. The Bertz CT molecular complexity index is 527. The third kappa shape index (κ3) is 5.14. The van der Waals surface area contributed by atoms with Gasteiger partial charge in [-0.05, 0) is 31.5 Å². The van der Waals surface area contributed by atoms with Crippen LogP contribution in [0.5, 0.6) is 0 Å². The average molecular weight is 353 g/mol. The molecule has 0 fully saturated rings. The summed E-state index contributed by atoms with van der Waals surface area (Å²) in [4.78, 5) is 12.1. The maximum Gasteiger partial charge on any atom is 0.355 e. The molecule has 8 heteroatoms. The summed E-state index contributed by atoms with van der Waals surface area (Å²) in [7, 11) is -3.78. The molecule has 0 bridgehead atoms. The second-order valence-corrected chi connectivity index (χ2v) is 7.30. The summed E-state index contributed by atoms with van der Waals surface area (Å²) < 4.78 is 35.2. The summed E-state index contributed by atoms with van der Waals surface area (Å²) >= 11 is 5.92. The van der Waals surface area contributed by atoms with E-state index < -0.39 is 30.4 Å². The van der Waals surface area contributed by atoms with Crippen LogP contribution in [0.3, 0.4) is 0 Å². The number of ketones is 1. The molecule has 2 atom stereocenters. The minimum Gasteiger partial charge on any atom is -0.388 e. The van der Waals surface area contributed by atoms with Crippen LogP contribution in [-0.2, 0) is 18.4 Å². The van der Waals surface area contributed by atoms with Crippen LogP contribution in [-0.4, -0.2) is 29.2 Å². The molecule has 0 aliphatic carbocycles. The molecule has 0 amide bonds. The molecular formula is C14H19ClFO5P. The number of Topliss-reactive ketones (excluding diaryl/α,β-unsaturated/α-hetero) is 1. The lowest BCUT2D eigenvalue weighted by atomic mass is 10.0. The summed E-state index contributed by atoms with van der Waals surface area (Å²) in [5.41, 5.74) is 0.362. The van der Waals surface area contributed by atoms with E-state index in [9.17, 15) is 18.9 Å². The van der Waals surface area contributed by atoms with Crippen molar-refractivity contribution in [1.29, 1.82) is 0 Å². The van der Waals surface area contributed by atoms with Crippen LogP contribution in [0, 0.1) is 5.82 Å². The normalized spacial score (nSPS) is 14.6. The molecule has 0 heterocycles. The molecule has 124 valence electrons. The lowest BCUT2D eigenvalue weighted by molar-refractivity contribution is -0.119. The van der Waals surface area contributed by atoms with Crippen LogP contribution in [0.25, 0.3) is 0 Å². The van der Waals surface area contributed by atoms with Gasteiger partial charge in [-0.25, -0.2) is 4.39 Å². The molecule has 1 N–H and O–H groups in total. The molecule has 1 rings (SSSR count). The topological polar surface area (TPSA) is 72.8 Å². The van der Waals surface area contributed by atoms with Gasteiger partial charge in [0.1, 0.15) is 5.82 Å². The maximum atomic E-state index is 12.8. The van der Waals surface area contributed by atoms with E-state index in [0.29, 0.717) is 5.56 Å². The van der Waals surface area contributed by atoms with Crippen LogP contribution < -0.4 is 0 Å².